The van der Waals surface area contributed by atoms with Gasteiger partial charge in [0.2, 0.25) is 17.7 Å². The quantitative estimate of drug-likeness (QED) is 0.261. The predicted octanol–water partition coefficient (Wildman–Crippen LogP) is 4.09. The second kappa shape index (κ2) is 14.9. The number of benzene rings is 1. The number of hydrogen-bond donors (Lipinski definition) is 4. The summed E-state index contributed by atoms with van der Waals surface area (Å²) in [4.78, 5) is 46.8. The minimum atomic E-state index is -0.816. The molecule has 0 unspecified atom stereocenters. The predicted molar refractivity (Wildman–Crippen MR) is 163 cm³/mol. The van der Waals surface area contributed by atoms with Gasteiger partial charge in [0.25, 0.3) is 0 Å². The molecule has 2 aromatic rings. The average molecular weight is 586 g/mol. The molecule has 9 nitrogen and oxygen atoms in total. The lowest BCUT2D eigenvalue weighted by molar-refractivity contribution is -0.144. The van der Waals surface area contributed by atoms with Crippen LogP contribution >= 0.6 is 11.3 Å². The number of aliphatic hydroxyl groups excluding tert-OH is 1. The van der Waals surface area contributed by atoms with Gasteiger partial charge in [-0.15, -0.1) is 11.3 Å². The van der Waals surface area contributed by atoms with Gasteiger partial charge in [0.15, 0.2) is 0 Å². The Bertz CT molecular complexity index is 1160. The van der Waals surface area contributed by atoms with Crippen LogP contribution in [0.3, 0.4) is 0 Å². The van der Waals surface area contributed by atoms with Gasteiger partial charge in [-0.05, 0) is 49.8 Å². The first-order chi connectivity index (χ1) is 19.4. The minimum absolute atomic E-state index is 0.0534. The monoisotopic (exact) mass is 585 g/mol. The molecule has 2 heterocycles. The van der Waals surface area contributed by atoms with Crippen molar-refractivity contribution in [2.45, 2.75) is 104 Å². The third kappa shape index (κ3) is 9.08. The number of amides is 3. The van der Waals surface area contributed by atoms with E-state index in [9.17, 15) is 19.5 Å². The Labute approximate surface area is 248 Å². The van der Waals surface area contributed by atoms with Crippen molar-refractivity contribution in [1.29, 1.82) is 0 Å². The van der Waals surface area contributed by atoms with Crippen molar-refractivity contribution in [2.24, 2.45) is 11.1 Å². The van der Waals surface area contributed by atoms with Gasteiger partial charge in [-0.1, -0.05) is 64.3 Å². The van der Waals surface area contributed by atoms with Gasteiger partial charge >= 0.3 is 0 Å². The summed E-state index contributed by atoms with van der Waals surface area (Å²) in [5, 5.41) is 16.4. The highest BCUT2D eigenvalue weighted by Crippen LogP contribution is 2.29. The molecule has 0 saturated carbocycles. The molecule has 3 rings (SSSR count). The van der Waals surface area contributed by atoms with E-state index in [1.54, 1.807) is 11.3 Å². The Morgan fingerprint density at radius 3 is 2.37 bits per heavy atom. The molecule has 226 valence electrons. The summed E-state index contributed by atoms with van der Waals surface area (Å²) in [5.74, 6) is -0.841. The number of likely N-dealkylation sites (tertiary alicyclic amines) is 1. The van der Waals surface area contributed by atoms with Crippen LogP contribution in [0.1, 0.15) is 89.9 Å². The van der Waals surface area contributed by atoms with Gasteiger partial charge in [0, 0.05) is 19.4 Å². The molecule has 1 aliphatic heterocycles. The Kier molecular flexibility index (Phi) is 11.9. The Morgan fingerprint density at radius 2 is 1.76 bits per heavy atom. The molecule has 4 atom stereocenters. The molecule has 1 aromatic carbocycles. The molecular formula is C31H47N5O4S. The summed E-state index contributed by atoms with van der Waals surface area (Å²) in [6.07, 6.45) is 4.45. The smallest absolute Gasteiger partial charge is 0.246 e. The van der Waals surface area contributed by atoms with Crippen molar-refractivity contribution in [2.75, 3.05) is 13.1 Å². The number of rotatable bonds is 13. The zero-order chi connectivity index (χ0) is 30.2. The van der Waals surface area contributed by atoms with Crippen LogP contribution in [0.4, 0.5) is 0 Å². The highest BCUT2D eigenvalue weighted by atomic mass is 32.1. The number of aryl methyl sites for hydroxylation is 1. The number of aliphatic hydroxyl groups is 1. The topological polar surface area (TPSA) is 138 Å². The normalized spacial score (nSPS) is 18.7. The zero-order valence-corrected chi connectivity index (χ0v) is 25.9. The summed E-state index contributed by atoms with van der Waals surface area (Å²) < 4.78 is 0. The van der Waals surface area contributed by atoms with Crippen LogP contribution in [0.15, 0.2) is 29.8 Å². The van der Waals surface area contributed by atoms with Crippen LogP contribution in [0.25, 0.3) is 10.4 Å². The molecule has 10 heteroatoms. The number of β-amino-alcohol motifs (C(OH)–C–C–N with tert-alkyl or cyclic N) is 1. The first-order valence-electron chi connectivity index (χ1n) is 14.7. The van der Waals surface area contributed by atoms with Crippen LogP contribution in [-0.4, -0.2) is 64.0 Å². The molecule has 1 fully saturated rings. The summed E-state index contributed by atoms with van der Waals surface area (Å²) in [7, 11) is 0. The average Bonchev–Trinajstić information content (AvgIpc) is 3.53. The lowest BCUT2D eigenvalue weighted by atomic mass is 9.85. The van der Waals surface area contributed by atoms with Crippen molar-refractivity contribution in [3.8, 4) is 10.4 Å². The number of carbonyl (C=O) groups excluding carboxylic acids is 3. The van der Waals surface area contributed by atoms with Crippen molar-refractivity contribution < 1.29 is 19.5 Å². The fourth-order valence-corrected chi connectivity index (χ4v) is 6.02. The van der Waals surface area contributed by atoms with Crippen molar-refractivity contribution >= 4 is 29.1 Å². The van der Waals surface area contributed by atoms with Gasteiger partial charge in [0.1, 0.15) is 12.1 Å². The van der Waals surface area contributed by atoms with Crippen molar-refractivity contribution in [1.82, 2.24) is 20.5 Å². The van der Waals surface area contributed by atoms with Crippen LogP contribution in [-0.2, 0) is 14.4 Å². The molecule has 0 spiro atoms. The zero-order valence-electron chi connectivity index (χ0n) is 25.1. The third-order valence-electron chi connectivity index (χ3n) is 7.67. The fourth-order valence-electron chi connectivity index (χ4n) is 5.21. The number of unbranched alkanes of at least 4 members (excludes halogenated alkanes) is 4. The summed E-state index contributed by atoms with van der Waals surface area (Å²) >= 11 is 1.59. The number of nitrogens with two attached hydrogens (primary N) is 1. The lowest BCUT2D eigenvalue weighted by Gasteiger charge is -2.35. The first kappa shape index (κ1) is 32.7. The molecule has 41 heavy (non-hydrogen) atoms. The van der Waals surface area contributed by atoms with Crippen LogP contribution in [0, 0.1) is 12.3 Å². The van der Waals surface area contributed by atoms with E-state index in [1.807, 2.05) is 64.4 Å². The SMILES string of the molecule is Cc1ncsc1-c1ccc([C@H](C)NC(=O)[C@@H]2C[C@@H](O)CN2C(=O)[C@@H](NC(=O)CCCCCCCN)C(C)(C)C)cc1. The van der Waals surface area contributed by atoms with Crippen molar-refractivity contribution in [3.05, 3.63) is 41.0 Å². The number of thiazole rings is 1. The first-order valence-corrected chi connectivity index (χ1v) is 15.6. The van der Waals surface area contributed by atoms with E-state index in [0.717, 1.165) is 53.8 Å². The molecule has 1 aliphatic rings. The molecule has 3 amide bonds. The molecule has 0 aliphatic carbocycles. The second-order valence-corrected chi connectivity index (χ2v) is 13.0. The Balaban J connectivity index is 1.63. The minimum Gasteiger partial charge on any atom is -0.391 e. The number of carbonyl (C=O) groups is 3. The number of nitrogens with zero attached hydrogens (tertiary/aromatic N) is 2. The summed E-state index contributed by atoms with van der Waals surface area (Å²) in [6.45, 7) is 10.3. The number of aromatic nitrogens is 1. The van der Waals surface area contributed by atoms with Gasteiger partial charge in [0.05, 0.1) is 28.2 Å². The van der Waals surface area contributed by atoms with E-state index in [0.29, 0.717) is 13.0 Å². The molecule has 5 N–H and O–H groups in total. The van der Waals surface area contributed by atoms with Crippen LogP contribution < -0.4 is 16.4 Å². The van der Waals surface area contributed by atoms with E-state index in [-0.39, 0.29) is 36.7 Å². The van der Waals surface area contributed by atoms with Crippen LogP contribution in [0.2, 0.25) is 0 Å². The third-order valence-corrected chi connectivity index (χ3v) is 8.65. The van der Waals surface area contributed by atoms with Gasteiger partial charge < -0.3 is 26.4 Å². The van der Waals surface area contributed by atoms with E-state index in [4.69, 9.17) is 5.73 Å². The Morgan fingerprint density at radius 1 is 1.10 bits per heavy atom. The molecule has 0 bridgehead atoms. The summed E-state index contributed by atoms with van der Waals surface area (Å²) in [5.41, 5.74) is 9.78. The molecule has 0 radical (unpaired) electrons. The van der Waals surface area contributed by atoms with Gasteiger partial charge in [-0.25, -0.2) is 4.98 Å². The van der Waals surface area contributed by atoms with E-state index in [2.05, 4.69) is 15.6 Å². The Hall–Kier alpha value is -2.82. The molecule has 1 aromatic heterocycles. The van der Waals surface area contributed by atoms with E-state index >= 15 is 0 Å². The maximum Gasteiger partial charge on any atom is 0.246 e. The number of nitrogens with one attached hydrogen (secondary N) is 2. The molecular weight excluding hydrogens is 538 g/mol. The molecule has 1 saturated heterocycles. The highest BCUT2D eigenvalue weighted by Gasteiger charge is 2.44. The lowest BCUT2D eigenvalue weighted by Crippen LogP contribution is -2.57. The largest absolute Gasteiger partial charge is 0.391 e. The standard InChI is InChI=1S/C31H47N5O4S/c1-20(22-12-14-23(15-13-22)27-21(2)33-19-41-27)34-29(39)25-17-24(37)18-36(25)30(40)28(31(3,4)5)35-26(38)11-9-7-6-8-10-16-32/h12-15,19-20,24-25,28,37H,6-11,16-18,32H2,1-5H3,(H,34,39)(H,35,38)/t20-,24+,25-,28+/m0/s1. The van der Waals surface area contributed by atoms with Gasteiger partial charge in [-0.2, -0.15) is 0 Å². The second-order valence-electron chi connectivity index (χ2n) is 12.2. The van der Waals surface area contributed by atoms with E-state index in [1.165, 1.54) is 4.90 Å². The maximum absolute atomic E-state index is 13.8. The fraction of sp³-hybridized carbons (Fsp3) is 0.613. The van der Waals surface area contributed by atoms with Gasteiger partial charge in [-0.3, -0.25) is 14.4 Å². The number of hydrogen-bond acceptors (Lipinski definition) is 7. The maximum atomic E-state index is 13.8. The van der Waals surface area contributed by atoms with Crippen molar-refractivity contribution in [3.63, 3.8) is 0 Å². The summed E-state index contributed by atoms with van der Waals surface area (Å²) in [6, 6.07) is 6.08. The van der Waals surface area contributed by atoms with E-state index < -0.39 is 23.6 Å². The van der Waals surface area contributed by atoms with Crippen LogP contribution in [0.5, 0.6) is 0 Å². The highest BCUT2D eigenvalue weighted by molar-refractivity contribution is 7.13.